The summed E-state index contributed by atoms with van der Waals surface area (Å²) >= 11 is 6.44. The lowest BCUT2D eigenvalue weighted by molar-refractivity contribution is -0.145. The molecular weight excluding hydrogens is 594 g/mol. The minimum Gasteiger partial charge on any atom is -0.481 e. The van der Waals surface area contributed by atoms with Crippen LogP contribution >= 0.6 is 11.6 Å². The van der Waals surface area contributed by atoms with E-state index in [4.69, 9.17) is 16.3 Å². The zero-order valence-electron chi connectivity index (χ0n) is 25.7. The van der Waals surface area contributed by atoms with E-state index in [9.17, 15) is 24.3 Å². The van der Waals surface area contributed by atoms with Gasteiger partial charge in [0, 0.05) is 30.6 Å². The van der Waals surface area contributed by atoms with Crippen molar-refractivity contribution in [1.82, 2.24) is 9.80 Å². The second kappa shape index (κ2) is 13.3. The summed E-state index contributed by atoms with van der Waals surface area (Å²) in [6.45, 7) is 5.43. The lowest BCUT2D eigenvalue weighted by atomic mass is 9.92. The third-order valence-corrected chi connectivity index (χ3v) is 8.55. The number of carboxylic acid groups (broad SMARTS) is 1. The van der Waals surface area contributed by atoms with Crippen LogP contribution < -0.4 is 4.90 Å². The molecule has 45 heavy (non-hydrogen) atoms. The predicted molar refractivity (Wildman–Crippen MR) is 171 cm³/mol. The fourth-order valence-electron chi connectivity index (χ4n) is 6.07. The molecule has 3 aromatic rings. The van der Waals surface area contributed by atoms with Crippen LogP contribution in [0.1, 0.15) is 49.4 Å². The Kier molecular flexibility index (Phi) is 9.48. The van der Waals surface area contributed by atoms with Gasteiger partial charge in [0.05, 0.1) is 18.7 Å². The molecule has 2 heterocycles. The number of hydrogen-bond acceptors (Lipinski definition) is 5. The van der Waals surface area contributed by atoms with Gasteiger partial charge in [0.2, 0.25) is 11.8 Å². The van der Waals surface area contributed by atoms with Crippen LogP contribution in [0.3, 0.4) is 0 Å². The Bertz CT molecular complexity index is 1600. The number of rotatable bonds is 8. The second-order valence-electron chi connectivity index (χ2n) is 12.5. The molecule has 2 atom stereocenters. The number of amides is 3. The van der Waals surface area contributed by atoms with E-state index in [-0.39, 0.29) is 38.4 Å². The fourth-order valence-corrected chi connectivity index (χ4v) is 6.30. The van der Waals surface area contributed by atoms with Crippen molar-refractivity contribution < 1.29 is 29.0 Å². The first-order chi connectivity index (χ1) is 21.4. The lowest BCUT2D eigenvalue weighted by Gasteiger charge is -2.38. The first kappa shape index (κ1) is 32.0. The third kappa shape index (κ3) is 7.48. The fraction of sp³-hybridized carbons (Fsp3) is 0.371. The number of benzene rings is 3. The SMILES string of the molecule is CC(C)(C)OC(=O)N1c2ccccc2C[C@@H]1C(=O)N(CCc1ccccc1Cl)CC(=O)N1Cc2ccccc2C[C@@H]1CC(=O)O. The molecule has 2 aliphatic heterocycles. The number of fused-ring (bicyclic) bond motifs is 2. The van der Waals surface area contributed by atoms with Crippen molar-refractivity contribution in [3.05, 3.63) is 100 Å². The Hall–Kier alpha value is -4.37. The molecule has 0 unspecified atom stereocenters. The first-order valence-corrected chi connectivity index (χ1v) is 15.5. The minimum atomic E-state index is -0.999. The van der Waals surface area contributed by atoms with Gasteiger partial charge in [-0.15, -0.1) is 0 Å². The van der Waals surface area contributed by atoms with Crippen molar-refractivity contribution in [3.8, 4) is 0 Å². The van der Waals surface area contributed by atoms with Crippen LogP contribution in [0.15, 0.2) is 72.8 Å². The molecule has 3 aromatic carbocycles. The van der Waals surface area contributed by atoms with Gasteiger partial charge in [-0.05, 0) is 68.0 Å². The quantitative estimate of drug-likeness (QED) is 0.352. The lowest BCUT2D eigenvalue weighted by Crippen LogP contribution is -2.55. The molecule has 9 nitrogen and oxygen atoms in total. The van der Waals surface area contributed by atoms with Crippen LogP contribution in [0.25, 0.3) is 0 Å². The van der Waals surface area contributed by atoms with Crippen LogP contribution in [0, 0.1) is 0 Å². The van der Waals surface area contributed by atoms with E-state index >= 15 is 0 Å². The number of para-hydroxylation sites is 1. The topological polar surface area (TPSA) is 107 Å². The highest BCUT2D eigenvalue weighted by Crippen LogP contribution is 2.35. The Morgan fingerprint density at radius 1 is 0.911 bits per heavy atom. The molecule has 0 spiro atoms. The largest absolute Gasteiger partial charge is 0.481 e. The van der Waals surface area contributed by atoms with E-state index < -0.39 is 35.7 Å². The highest BCUT2D eigenvalue weighted by Gasteiger charge is 2.43. The maximum Gasteiger partial charge on any atom is 0.415 e. The molecule has 236 valence electrons. The van der Waals surface area contributed by atoms with Crippen LogP contribution in [0.4, 0.5) is 10.5 Å². The summed E-state index contributed by atoms with van der Waals surface area (Å²) in [5.41, 5.74) is 3.41. The second-order valence-corrected chi connectivity index (χ2v) is 13.0. The number of ether oxygens (including phenoxy) is 1. The molecule has 5 rings (SSSR count). The van der Waals surface area contributed by atoms with Gasteiger partial charge in [0.25, 0.3) is 0 Å². The van der Waals surface area contributed by atoms with Gasteiger partial charge in [-0.1, -0.05) is 72.3 Å². The number of carbonyl (C=O) groups is 4. The molecule has 3 amide bonds. The van der Waals surface area contributed by atoms with E-state index in [1.54, 1.807) is 43.9 Å². The van der Waals surface area contributed by atoms with E-state index in [0.717, 1.165) is 22.3 Å². The first-order valence-electron chi connectivity index (χ1n) is 15.1. The number of aliphatic carboxylic acids is 1. The molecule has 10 heteroatoms. The Morgan fingerprint density at radius 2 is 1.56 bits per heavy atom. The summed E-state index contributed by atoms with van der Waals surface area (Å²) in [5.74, 6) is -1.76. The van der Waals surface area contributed by atoms with Crippen molar-refractivity contribution in [1.29, 1.82) is 0 Å². The number of halogens is 1. The van der Waals surface area contributed by atoms with Crippen molar-refractivity contribution in [2.75, 3.05) is 18.0 Å². The van der Waals surface area contributed by atoms with E-state index in [0.29, 0.717) is 23.6 Å². The number of nitrogens with zero attached hydrogens (tertiary/aromatic N) is 3. The third-order valence-electron chi connectivity index (χ3n) is 8.18. The average Bonchev–Trinajstić information content (AvgIpc) is 3.38. The zero-order chi connectivity index (χ0) is 32.3. The van der Waals surface area contributed by atoms with Gasteiger partial charge in [-0.3, -0.25) is 19.3 Å². The predicted octanol–water partition coefficient (Wildman–Crippen LogP) is 5.51. The molecule has 0 bridgehead atoms. The van der Waals surface area contributed by atoms with E-state index in [1.165, 1.54) is 9.80 Å². The summed E-state index contributed by atoms with van der Waals surface area (Å²) in [6.07, 6.45) is 0.206. The molecule has 0 aliphatic carbocycles. The van der Waals surface area contributed by atoms with Crippen molar-refractivity contribution >= 4 is 41.2 Å². The van der Waals surface area contributed by atoms with Crippen LogP contribution in [0.2, 0.25) is 5.02 Å². The molecule has 0 saturated carbocycles. The van der Waals surface area contributed by atoms with E-state index in [1.807, 2.05) is 54.6 Å². The smallest absolute Gasteiger partial charge is 0.415 e. The molecule has 0 fully saturated rings. The highest BCUT2D eigenvalue weighted by atomic mass is 35.5. The van der Waals surface area contributed by atoms with Crippen molar-refractivity contribution in [3.63, 3.8) is 0 Å². The van der Waals surface area contributed by atoms with Crippen LogP contribution in [0.5, 0.6) is 0 Å². The minimum absolute atomic E-state index is 0.164. The Morgan fingerprint density at radius 3 is 2.24 bits per heavy atom. The van der Waals surface area contributed by atoms with Gasteiger partial charge in [-0.2, -0.15) is 0 Å². The molecule has 0 radical (unpaired) electrons. The normalized spacial score (nSPS) is 17.3. The number of carbonyl (C=O) groups excluding carboxylic acids is 3. The molecule has 2 aliphatic rings. The van der Waals surface area contributed by atoms with Crippen LogP contribution in [-0.4, -0.2) is 69.6 Å². The van der Waals surface area contributed by atoms with Crippen molar-refractivity contribution in [2.45, 2.75) is 70.7 Å². The Balaban J connectivity index is 1.45. The Labute approximate surface area is 268 Å². The average molecular weight is 632 g/mol. The maximum absolute atomic E-state index is 14.5. The summed E-state index contributed by atoms with van der Waals surface area (Å²) in [6, 6.07) is 20.8. The summed E-state index contributed by atoms with van der Waals surface area (Å²) in [4.78, 5) is 58.2. The van der Waals surface area contributed by atoms with Crippen LogP contribution in [-0.2, 0) is 44.9 Å². The highest BCUT2D eigenvalue weighted by molar-refractivity contribution is 6.31. The summed E-state index contributed by atoms with van der Waals surface area (Å²) < 4.78 is 5.71. The zero-order valence-corrected chi connectivity index (χ0v) is 26.5. The number of anilines is 1. The van der Waals surface area contributed by atoms with E-state index in [2.05, 4.69) is 0 Å². The van der Waals surface area contributed by atoms with Gasteiger partial charge in [0.1, 0.15) is 11.6 Å². The van der Waals surface area contributed by atoms with Crippen molar-refractivity contribution in [2.24, 2.45) is 0 Å². The number of hydrogen-bond donors (Lipinski definition) is 1. The molecule has 1 N–H and O–H groups in total. The molecular formula is C35H38ClN3O6. The van der Waals surface area contributed by atoms with Gasteiger partial charge >= 0.3 is 12.1 Å². The monoisotopic (exact) mass is 631 g/mol. The maximum atomic E-state index is 14.5. The molecule has 0 saturated heterocycles. The van der Waals surface area contributed by atoms with Gasteiger partial charge in [0.15, 0.2) is 0 Å². The van der Waals surface area contributed by atoms with Gasteiger partial charge in [-0.25, -0.2) is 4.79 Å². The summed E-state index contributed by atoms with van der Waals surface area (Å²) in [7, 11) is 0. The summed E-state index contributed by atoms with van der Waals surface area (Å²) in [5, 5.41) is 10.2. The number of carboxylic acids is 1. The standard InChI is InChI=1S/C35H38ClN3O6/c1-35(2,3)45-34(44)39-29-15-9-7-12-25(29)19-30(39)33(43)37(17-16-23-10-6-8-14-28(23)36)22-31(40)38-21-26-13-5-4-11-24(26)18-27(38)20-32(41)42/h4-15,27,30H,16-22H2,1-3H3,(H,41,42)/t27-,30-/m1/s1. The van der Waals surface area contributed by atoms with Gasteiger partial charge < -0.3 is 19.6 Å². The molecule has 0 aromatic heterocycles.